The summed E-state index contributed by atoms with van der Waals surface area (Å²) in [5.41, 5.74) is 0. The first-order valence-electron chi connectivity index (χ1n) is 4.98. The van der Waals surface area contributed by atoms with Gasteiger partial charge in [0.2, 0.25) is 11.7 Å². The number of nitrogens with zero attached hydrogens (tertiary/aromatic N) is 3. The standard InChI is InChI=1S/C10H12N4O2S/c1-14(2)10(15)11-6-8-12-9(13-16-8)7-4-3-5-17-7/h3-5H,6H2,1-2H3,(H,11,15). The van der Waals surface area contributed by atoms with Crippen LogP contribution in [0.1, 0.15) is 5.89 Å². The fraction of sp³-hybridized carbons (Fsp3) is 0.300. The Balaban J connectivity index is 1.97. The third kappa shape index (κ3) is 2.82. The second kappa shape index (κ2) is 4.96. The van der Waals surface area contributed by atoms with Crippen LogP contribution in [-0.4, -0.2) is 35.2 Å². The van der Waals surface area contributed by atoms with Gasteiger partial charge in [0.1, 0.15) is 0 Å². The van der Waals surface area contributed by atoms with Crippen molar-refractivity contribution in [1.82, 2.24) is 20.4 Å². The van der Waals surface area contributed by atoms with Crippen LogP contribution in [0.15, 0.2) is 22.0 Å². The lowest BCUT2D eigenvalue weighted by atomic mass is 10.4. The molecule has 0 saturated heterocycles. The van der Waals surface area contributed by atoms with Gasteiger partial charge in [-0.15, -0.1) is 11.3 Å². The predicted octanol–water partition coefficient (Wildman–Crippen LogP) is 1.57. The number of hydrogen-bond acceptors (Lipinski definition) is 5. The summed E-state index contributed by atoms with van der Waals surface area (Å²) in [6.07, 6.45) is 0. The molecule has 0 bridgehead atoms. The van der Waals surface area contributed by atoms with Crippen LogP contribution in [-0.2, 0) is 6.54 Å². The second-order valence-corrected chi connectivity index (χ2v) is 4.49. The van der Waals surface area contributed by atoms with Gasteiger partial charge >= 0.3 is 6.03 Å². The summed E-state index contributed by atoms with van der Waals surface area (Å²) in [7, 11) is 3.33. The van der Waals surface area contributed by atoms with Gasteiger partial charge in [0.25, 0.3) is 0 Å². The Morgan fingerprint density at radius 1 is 1.59 bits per heavy atom. The molecule has 0 aliphatic heterocycles. The number of aromatic nitrogens is 2. The second-order valence-electron chi connectivity index (χ2n) is 3.54. The Morgan fingerprint density at radius 3 is 3.06 bits per heavy atom. The monoisotopic (exact) mass is 252 g/mol. The number of amides is 2. The molecule has 0 aliphatic rings. The number of carbonyl (C=O) groups excluding carboxylic acids is 1. The number of hydrogen-bond donors (Lipinski definition) is 1. The smallest absolute Gasteiger partial charge is 0.317 e. The van der Waals surface area contributed by atoms with E-state index >= 15 is 0 Å². The zero-order chi connectivity index (χ0) is 12.3. The van der Waals surface area contributed by atoms with E-state index in [4.69, 9.17) is 4.52 Å². The molecule has 2 heterocycles. The largest absolute Gasteiger partial charge is 0.337 e. The Labute approximate surface area is 102 Å². The van der Waals surface area contributed by atoms with Gasteiger partial charge in [0.05, 0.1) is 11.4 Å². The Morgan fingerprint density at radius 2 is 2.41 bits per heavy atom. The first kappa shape index (κ1) is 11.6. The van der Waals surface area contributed by atoms with Crippen LogP contribution >= 0.6 is 11.3 Å². The first-order chi connectivity index (χ1) is 8.16. The average Bonchev–Trinajstić information content (AvgIpc) is 2.95. The Hall–Kier alpha value is -1.89. The van der Waals surface area contributed by atoms with Crippen molar-refractivity contribution in [1.29, 1.82) is 0 Å². The normalized spacial score (nSPS) is 10.2. The summed E-state index contributed by atoms with van der Waals surface area (Å²) in [5, 5.41) is 8.44. The summed E-state index contributed by atoms with van der Waals surface area (Å²) in [5.74, 6) is 0.942. The van der Waals surface area contributed by atoms with Crippen molar-refractivity contribution < 1.29 is 9.32 Å². The fourth-order valence-electron chi connectivity index (χ4n) is 1.14. The third-order valence-corrected chi connectivity index (χ3v) is 2.87. The highest BCUT2D eigenvalue weighted by molar-refractivity contribution is 7.13. The van der Waals surface area contributed by atoms with Crippen LogP contribution in [0, 0.1) is 0 Å². The lowest BCUT2D eigenvalue weighted by Crippen LogP contribution is -2.33. The highest BCUT2D eigenvalue weighted by atomic mass is 32.1. The van der Waals surface area contributed by atoms with Gasteiger partial charge in [0.15, 0.2) is 0 Å². The zero-order valence-electron chi connectivity index (χ0n) is 9.51. The van der Waals surface area contributed by atoms with E-state index in [-0.39, 0.29) is 12.6 Å². The predicted molar refractivity (Wildman–Crippen MR) is 63.5 cm³/mol. The van der Waals surface area contributed by atoms with E-state index in [1.807, 2.05) is 17.5 Å². The SMILES string of the molecule is CN(C)C(=O)NCc1nc(-c2cccs2)no1. The average molecular weight is 252 g/mol. The molecule has 0 aromatic carbocycles. The molecule has 17 heavy (non-hydrogen) atoms. The molecule has 0 aliphatic carbocycles. The molecule has 0 saturated carbocycles. The number of carbonyl (C=O) groups is 1. The van der Waals surface area contributed by atoms with Crippen LogP contribution in [0.25, 0.3) is 10.7 Å². The minimum absolute atomic E-state index is 0.194. The van der Waals surface area contributed by atoms with Crippen molar-refractivity contribution in [3.63, 3.8) is 0 Å². The van der Waals surface area contributed by atoms with Gasteiger partial charge in [-0.1, -0.05) is 11.2 Å². The molecule has 2 amide bonds. The lowest BCUT2D eigenvalue weighted by Gasteiger charge is -2.09. The summed E-state index contributed by atoms with van der Waals surface area (Å²) >= 11 is 1.54. The zero-order valence-corrected chi connectivity index (χ0v) is 10.3. The first-order valence-corrected chi connectivity index (χ1v) is 5.86. The molecule has 90 valence electrons. The molecule has 7 heteroatoms. The summed E-state index contributed by atoms with van der Waals surface area (Å²) in [6.45, 7) is 0.232. The minimum atomic E-state index is -0.194. The highest BCUT2D eigenvalue weighted by Gasteiger charge is 2.10. The molecular formula is C10H12N4O2S. The van der Waals surface area contributed by atoms with Crippen LogP contribution < -0.4 is 5.32 Å². The molecule has 0 radical (unpaired) electrons. The van der Waals surface area contributed by atoms with Gasteiger partial charge in [-0.3, -0.25) is 0 Å². The van der Waals surface area contributed by atoms with Gasteiger partial charge in [0, 0.05) is 14.1 Å². The van der Waals surface area contributed by atoms with E-state index in [2.05, 4.69) is 15.5 Å². The molecule has 2 rings (SSSR count). The van der Waals surface area contributed by atoms with E-state index in [1.54, 1.807) is 14.1 Å². The summed E-state index contributed by atoms with van der Waals surface area (Å²) in [6, 6.07) is 3.64. The van der Waals surface area contributed by atoms with Crippen molar-refractivity contribution in [2.75, 3.05) is 14.1 Å². The van der Waals surface area contributed by atoms with Crippen molar-refractivity contribution in [3.05, 3.63) is 23.4 Å². The number of nitrogens with one attached hydrogen (secondary N) is 1. The van der Waals surface area contributed by atoms with Crippen LogP contribution in [0.2, 0.25) is 0 Å². The summed E-state index contributed by atoms with van der Waals surface area (Å²) < 4.78 is 5.03. The Bertz CT molecular complexity index is 492. The van der Waals surface area contributed by atoms with Crippen molar-refractivity contribution in [3.8, 4) is 10.7 Å². The minimum Gasteiger partial charge on any atom is -0.337 e. The van der Waals surface area contributed by atoms with Gasteiger partial charge in [-0.05, 0) is 11.4 Å². The van der Waals surface area contributed by atoms with Crippen LogP contribution in [0.5, 0.6) is 0 Å². The molecule has 2 aromatic rings. The number of thiophene rings is 1. The molecule has 6 nitrogen and oxygen atoms in total. The summed E-state index contributed by atoms with van der Waals surface area (Å²) in [4.78, 5) is 17.8. The quantitative estimate of drug-likeness (QED) is 0.900. The van der Waals surface area contributed by atoms with Crippen molar-refractivity contribution >= 4 is 17.4 Å². The third-order valence-electron chi connectivity index (χ3n) is 2.01. The molecular weight excluding hydrogens is 240 g/mol. The van der Waals surface area contributed by atoms with Crippen LogP contribution in [0.4, 0.5) is 4.79 Å². The molecule has 1 N–H and O–H groups in total. The van der Waals surface area contributed by atoms with Crippen LogP contribution in [0.3, 0.4) is 0 Å². The van der Waals surface area contributed by atoms with E-state index in [1.165, 1.54) is 16.2 Å². The molecule has 0 unspecified atom stereocenters. The van der Waals surface area contributed by atoms with Crippen molar-refractivity contribution in [2.24, 2.45) is 0 Å². The lowest BCUT2D eigenvalue weighted by molar-refractivity contribution is 0.215. The highest BCUT2D eigenvalue weighted by Crippen LogP contribution is 2.21. The van der Waals surface area contributed by atoms with E-state index in [0.717, 1.165) is 4.88 Å². The maximum Gasteiger partial charge on any atom is 0.317 e. The van der Waals surface area contributed by atoms with E-state index in [0.29, 0.717) is 11.7 Å². The molecule has 0 spiro atoms. The van der Waals surface area contributed by atoms with Gasteiger partial charge < -0.3 is 14.7 Å². The van der Waals surface area contributed by atoms with Gasteiger partial charge in [-0.25, -0.2) is 4.79 Å². The topological polar surface area (TPSA) is 71.3 Å². The number of urea groups is 1. The van der Waals surface area contributed by atoms with Gasteiger partial charge in [-0.2, -0.15) is 4.98 Å². The Kier molecular flexibility index (Phi) is 3.38. The maximum atomic E-state index is 11.3. The molecule has 2 aromatic heterocycles. The fourth-order valence-corrected chi connectivity index (χ4v) is 1.79. The molecule has 0 atom stereocenters. The number of rotatable bonds is 3. The maximum absolute atomic E-state index is 11.3. The van der Waals surface area contributed by atoms with E-state index < -0.39 is 0 Å². The van der Waals surface area contributed by atoms with E-state index in [9.17, 15) is 4.79 Å². The van der Waals surface area contributed by atoms with Crippen molar-refractivity contribution in [2.45, 2.75) is 6.54 Å². The molecule has 0 fully saturated rings.